The van der Waals surface area contributed by atoms with E-state index in [0.717, 1.165) is 36.9 Å². The van der Waals surface area contributed by atoms with Crippen LogP contribution in [0.4, 0.5) is 5.69 Å². The van der Waals surface area contributed by atoms with Crippen molar-refractivity contribution in [2.75, 3.05) is 11.9 Å². The lowest BCUT2D eigenvalue weighted by Crippen LogP contribution is -2.50. The summed E-state index contributed by atoms with van der Waals surface area (Å²) >= 11 is 0. The van der Waals surface area contributed by atoms with E-state index in [0.29, 0.717) is 0 Å². The summed E-state index contributed by atoms with van der Waals surface area (Å²) in [5.74, 6) is -0.708. The zero-order valence-electron chi connectivity index (χ0n) is 11.7. The highest BCUT2D eigenvalue weighted by atomic mass is 16.4. The number of aryl methyl sites for hydroxylation is 1. The first kappa shape index (κ1) is 13.8. The first-order valence-corrected chi connectivity index (χ1v) is 6.91. The molecule has 1 aromatic rings. The summed E-state index contributed by atoms with van der Waals surface area (Å²) in [7, 11) is 2.02. The van der Waals surface area contributed by atoms with E-state index in [1.165, 1.54) is 6.42 Å². The maximum absolute atomic E-state index is 11.3. The number of nitrogens with zero attached hydrogens (tertiary/aromatic N) is 2. The van der Waals surface area contributed by atoms with Crippen molar-refractivity contribution in [1.29, 1.82) is 0 Å². The lowest BCUT2D eigenvalue weighted by Gasteiger charge is -2.45. The van der Waals surface area contributed by atoms with Gasteiger partial charge in [-0.05, 0) is 31.4 Å². The van der Waals surface area contributed by atoms with Crippen molar-refractivity contribution in [2.45, 2.75) is 51.0 Å². The zero-order chi connectivity index (χ0) is 13.9. The lowest BCUT2D eigenvalue weighted by atomic mass is 9.77. The topological polar surface area (TPSA) is 53.4 Å². The molecule has 0 saturated heterocycles. The van der Waals surface area contributed by atoms with E-state index in [-0.39, 0.29) is 12.0 Å². The molecule has 1 aliphatic carbocycles. The number of aliphatic carboxylic acids is 1. The molecule has 4 nitrogen and oxygen atoms in total. The van der Waals surface area contributed by atoms with Crippen LogP contribution in [0.5, 0.6) is 0 Å². The van der Waals surface area contributed by atoms with Crippen LogP contribution in [0, 0.1) is 6.92 Å². The molecular formula is C15H22N2O2. The minimum absolute atomic E-state index is 0.214. The highest BCUT2D eigenvalue weighted by molar-refractivity contribution is 5.70. The van der Waals surface area contributed by atoms with Gasteiger partial charge in [0.05, 0.1) is 12.0 Å². The largest absolute Gasteiger partial charge is 0.481 e. The van der Waals surface area contributed by atoms with E-state index >= 15 is 0 Å². The fourth-order valence-electron chi connectivity index (χ4n) is 3.22. The number of carbonyl (C=O) groups is 1. The Kier molecular flexibility index (Phi) is 4.08. The molecule has 1 N–H and O–H groups in total. The molecule has 1 fully saturated rings. The predicted octanol–water partition coefficient (Wildman–Crippen LogP) is 3.00. The smallest absolute Gasteiger partial charge is 0.305 e. The van der Waals surface area contributed by atoms with Gasteiger partial charge in [-0.1, -0.05) is 19.3 Å². The van der Waals surface area contributed by atoms with Gasteiger partial charge in [0.1, 0.15) is 0 Å². The normalized spacial score (nSPS) is 18.0. The molecule has 0 bridgehead atoms. The standard InChI is InChI=1S/C15H22N2O2/c1-12-11-16-9-6-13(12)17(2)15(10-14(18)19)7-4-3-5-8-15/h6,9,11H,3-5,7-8,10H2,1-2H3,(H,18,19). The van der Waals surface area contributed by atoms with Crippen molar-refractivity contribution in [2.24, 2.45) is 0 Å². The minimum Gasteiger partial charge on any atom is -0.481 e. The fourth-order valence-corrected chi connectivity index (χ4v) is 3.22. The Morgan fingerprint density at radius 3 is 2.68 bits per heavy atom. The van der Waals surface area contributed by atoms with Crippen molar-refractivity contribution in [1.82, 2.24) is 4.98 Å². The van der Waals surface area contributed by atoms with Crippen LogP contribution in [0.15, 0.2) is 18.5 Å². The van der Waals surface area contributed by atoms with Gasteiger partial charge in [0, 0.05) is 25.1 Å². The van der Waals surface area contributed by atoms with E-state index in [1.807, 2.05) is 26.2 Å². The lowest BCUT2D eigenvalue weighted by molar-refractivity contribution is -0.138. The monoisotopic (exact) mass is 262 g/mol. The van der Waals surface area contributed by atoms with Crippen molar-refractivity contribution in [3.8, 4) is 0 Å². The Hall–Kier alpha value is -1.58. The summed E-state index contributed by atoms with van der Waals surface area (Å²) in [6.07, 6.45) is 9.17. The Bertz CT molecular complexity index is 453. The molecule has 2 rings (SSSR count). The second-order valence-electron chi connectivity index (χ2n) is 5.58. The second-order valence-corrected chi connectivity index (χ2v) is 5.58. The van der Waals surface area contributed by atoms with Crippen LogP contribution in [0.25, 0.3) is 0 Å². The maximum atomic E-state index is 11.3. The molecule has 1 aromatic heterocycles. The molecule has 0 amide bonds. The van der Waals surface area contributed by atoms with Gasteiger partial charge in [-0.3, -0.25) is 9.78 Å². The number of hydrogen-bond acceptors (Lipinski definition) is 3. The highest BCUT2D eigenvalue weighted by Gasteiger charge is 2.38. The minimum atomic E-state index is -0.708. The average Bonchev–Trinajstić information content (AvgIpc) is 2.39. The van der Waals surface area contributed by atoms with Gasteiger partial charge in [-0.2, -0.15) is 0 Å². The quantitative estimate of drug-likeness (QED) is 0.906. The summed E-state index contributed by atoms with van der Waals surface area (Å²) < 4.78 is 0. The van der Waals surface area contributed by atoms with Crippen LogP contribution >= 0.6 is 0 Å². The molecule has 104 valence electrons. The zero-order valence-corrected chi connectivity index (χ0v) is 11.7. The molecule has 0 radical (unpaired) electrons. The number of carboxylic acids is 1. The number of pyridine rings is 1. The molecule has 0 atom stereocenters. The summed E-state index contributed by atoms with van der Waals surface area (Å²) in [6.45, 7) is 2.02. The number of aromatic nitrogens is 1. The van der Waals surface area contributed by atoms with Crippen LogP contribution in [-0.4, -0.2) is 28.6 Å². The molecule has 1 saturated carbocycles. The molecule has 0 unspecified atom stereocenters. The number of hydrogen-bond donors (Lipinski definition) is 1. The van der Waals surface area contributed by atoms with Crippen LogP contribution in [0.2, 0.25) is 0 Å². The molecule has 4 heteroatoms. The summed E-state index contributed by atoms with van der Waals surface area (Å²) in [6, 6.07) is 1.98. The van der Waals surface area contributed by atoms with Crippen molar-refractivity contribution < 1.29 is 9.90 Å². The summed E-state index contributed by atoms with van der Waals surface area (Å²) in [5.41, 5.74) is 1.95. The Balaban J connectivity index is 2.32. The summed E-state index contributed by atoms with van der Waals surface area (Å²) in [4.78, 5) is 17.5. The first-order chi connectivity index (χ1) is 9.05. The van der Waals surface area contributed by atoms with E-state index in [2.05, 4.69) is 9.88 Å². The first-order valence-electron chi connectivity index (χ1n) is 6.91. The molecule has 0 aromatic carbocycles. The second kappa shape index (κ2) is 5.59. The third-order valence-electron chi connectivity index (χ3n) is 4.33. The van der Waals surface area contributed by atoms with Gasteiger partial charge in [0.25, 0.3) is 0 Å². The highest BCUT2D eigenvalue weighted by Crippen LogP contribution is 2.39. The van der Waals surface area contributed by atoms with Gasteiger partial charge in [0.2, 0.25) is 0 Å². The molecule has 1 aliphatic rings. The Morgan fingerprint density at radius 1 is 1.42 bits per heavy atom. The van der Waals surface area contributed by atoms with Gasteiger partial charge in [-0.25, -0.2) is 0 Å². The van der Waals surface area contributed by atoms with Crippen LogP contribution in [0.3, 0.4) is 0 Å². The number of rotatable bonds is 4. The van der Waals surface area contributed by atoms with Gasteiger partial charge >= 0.3 is 5.97 Å². The number of anilines is 1. The Morgan fingerprint density at radius 2 is 2.11 bits per heavy atom. The molecule has 19 heavy (non-hydrogen) atoms. The van der Waals surface area contributed by atoms with Crippen LogP contribution < -0.4 is 4.90 Å². The van der Waals surface area contributed by atoms with E-state index < -0.39 is 5.97 Å². The maximum Gasteiger partial charge on any atom is 0.305 e. The van der Waals surface area contributed by atoms with Crippen molar-refractivity contribution in [3.05, 3.63) is 24.0 Å². The van der Waals surface area contributed by atoms with Crippen LogP contribution in [0.1, 0.15) is 44.1 Å². The van der Waals surface area contributed by atoms with E-state index in [1.54, 1.807) is 6.20 Å². The van der Waals surface area contributed by atoms with E-state index in [4.69, 9.17) is 0 Å². The third kappa shape index (κ3) is 2.88. The summed E-state index contributed by atoms with van der Waals surface area (Å²) in [5, 5.41) is 9.26. The van der Waals surface area contributed by atoms with Gasteiger partial charge in [0.15, 0.2) is 0 Å². The van der Waals surface area contributed by atoms with Crippen molar-refractivity contribution >= 4 is 11.7 Å². The van der Waals surface area contributed by atoms with E-state index in [9.17, 15) is 9.90 Å². The van der Waals surface area contributed by atoms with Gasteiger partial charge < -0.3 is 10.0 Å². The SMILES string of the molecule is Cc1cnccc1N(C)C1(CC(=O)O)CCCCC1. The predicted molar refractivity (Wildman–Crippen MR) is 75.4 cm³/mol. The molecular weight excluding hydrogens is 240 g/mol. The van der Waals surface area contributed by atoms with Crippen molar-refractivity contribution in [3.63, 3.8) is 0 Å². The third-order valence-corrected chi connectivity index (χ3v) is 4.33. The average molecular weight is 262 g/mol. The molecule has 0 spiro atoms. The van der Waals surface area contributed by atoms with Crippen LogP contribution in [-0.2, 0) is 4.79 Å². The number of carboxylic acid groups (broad SMARTS) is 1. The van der Waals surface area contributed by atoms with Gasteiger partial charge in [-0.15, -0.1) is 0 Å². The fraction of sp³-hybridized carbons (Fsp3) is 0.600. The molecule has 1 heterocycles. The Labute approximate surface area is 114 Å². The molecule has 0 aliphatic heterocycles.